The van der Waals surface area contributed by atoms with Gasteiger partial charge in [0.2, 0.25) is 5.91 Å². The van der Waals surface area contributed by atoms with Crippen molar-refractivity contribution in [3.05, 3.63) is 59.7 Å². The van der Waals surface area contributed by atoms with Crippen LogP contribution in [0.25, 0.3) is 11.0 Å². The Labute approximate surface area is 195 Å². The van der Waals surface area contributed by atoms with Crippen LogP contribution in [-0.2, 0) is 9.59 Å². The zero-order valence-electron chi connectivity index (χ0n) is 18.6. The van der Waals surface area contributed by atoms with Gasteiger partial charge in [-0.1, -0.05) is 30.2 Å². The predicted molar refractivity (Wildman–Crippen MR) is 120 cm³/mol. The fraction of sp³-hybridized carbons (Fsp3) is 0.440. The van der Waals surface area contributed by atoms with Crippen LogP contribution >= 0.6 is 0 Å². The van der Waals surface area contributed by atoms with Gasteiger partial charge in [-0.3, -0.25) is 9.59 Å². The van der Waals surface area contributed by atoms with E-state index in [4.69, 9.17) is 0 Å². The number of carboxylic acid groups (broad SMARTS) is 1. The van der Waals surface area contributed by atoms with E-state index in [0.717, 1.165) is 25.7 Å². The molecule has 0 radical (unpaired) electrons. The van der Waals surface area contributed by atoms with E-state index in [2.05, 4.69) is 10.3 Å². The number of rotatable bonds is 5. The summed E-state index contributed by atoms with van der Waals surface area (Å²) in [7, 11) is 0. The number of benzene rings is 2. The Bertz CT molecular complexity index is 1210. The first-order valence-corrected chi connectivity index (χ1v) is 11.7. The quantitative estimate of drug-likeness (QED) is 0.607. The third-order valence-electron chi connectivity index (χ3n) is 7.37. The summed E-state index contributed by atoms with van der Waals surface area (Å²) in [5, 5.41) is 18.0. The Hall–Kier alpha value is -3.36. The standard InChI is InChI=1S/C25H26F2N4O3/c26-16-7-5-15(6-8-16)23(31-22-10-9-17(27)13-20(22)28-29-31)14-24(32)30-12-11-19(25(33)34)18-3-1-2-4-21(18)30/h5-10,13,18-19,21,23H,1-4,11-12,14H2,(H,33,34). The van der Waals surface area contributed by atoms with Gasteiger partial charge in [0.05, 0.1) is 23.9 Å². The van der Waals surface area contributed by atoms with Crippen molar-refractivity contribution in [1.82, 2.24) is 19.9 Å². The molecule has 9 heteroatoms. The van der Waals surface area contributed by atoms with Crippen LogP contribution < -0.4 is 0 Å². The van der Waals surface area contributed by atoms with E-state index in [1.807, 2.05) is 4.90 Å². The molecule has 1 aliphatic heterocycles. The Balaban J connectivity index is 1.47. The molecule has 0 spiro atoms. The average molecular weight is 469 g/mol. The van der Waals surface area contributed by atoms with E-state index in [9.17, 15) is 23.5 Å². The Kier molecular flexibility index (Phi) is 6.02. The third kappa shape index (κ3) is 4.15. The molecule has 0 bridgehead atoms. The zero-order valence-corrected chi connectivity index (χ0v) is 18.6. The largest absolute Gasteiger partial charge is 0.481 e. The van der Waals surface area contributed by atoms with Gasteiger partial charge in [-0.25, -0.2) is 13.5 Å². The summed E-state index contributed by atoms with van der Waals surface area (Å²) in [6.07, 6.45) is 4.06. The molecule has 1 aliphatic carbocycles. The molecule has 4 unspecified atom stereocenters. The van der Waals surface area contributed by atoms with Crippen LogP contribution in [0.15, 0.2) is 42.5 Å². The van der Waals surface area contributed by atoms with Crippen LogP contribution in [0.4, 0.5) is 8.78 Å². The molecule has 1 amide bonds. The average Bonchev–Trinajstić information content (AvgIpc) is 3.25. The summed E-state index contributed by atoms with van der Waals surface area (Å²) in [6, 6.07) is 9.41. The molecule has 1 saturated heterocycles. The number of carbonyl (C=O) groups excluding carboxylic acids is 1. The summed E-state index contributed by atoms with van der Waals surface area (Å²) in [4.78, 5) is 27.3. The van der Waals surface area contributed by atoms with Gasteiger partial charge in [-0.2, -0.15) is 0 Å². The maximum atomic E-state index is 13.7. The van der Waals surface area contributed by atoms with Gasteiger partial charge in [0.25, 0.3) is 0 Å². The lowest BCUT2D eigenvalue weighted by Crippen LogP contribution is -2.54. The summed E-state index contributed by atoms with van der Waals surface area (Å²) < 4.78 is 28.9. The minimum atomic E-state index is -0.783. The van der Waals surface area contributed by atoms with Crippen molar-refractivity contribution in [1.29, 1.82) is 0 Å². The Morgan fingerprint density at radius 3 is 2.53 bits per heavy atom. The fourth-order valence-corrected chi connectivity index (χ4v) is 5.73. The third-order valence-corrected chi connectivity index (χ3v) is 7.37. The number of aromatic nitrogens is 3. The van der Waals surface area contributed by atoms with Crippen molar-refractivity contribution in [3.8, 4) is 0 Å². The number of halogens is 2. The van der Waals surface area contributed by atoms with Crippen molar-refractivity contribution in [2.45, 2.75) is 50.6 Å². The molecule has 3 aromatic rings. The highest BCUT2D eigenvalue weighted by Crippen LogP contribution is 2.40. The first kappa shape index (κ1) is 22.4. The van der Waals surface area contributed by atoms with Crippen molar-refractivity contribution in [3.63, 3.8) is 0 Å². The number of hydrogen-bond acceptors (Lipinski definition) is 4. The number of nitrogens with zero attached hydrogens (tertiary/aromatic N) is 4. The van der Waals surface area contributed by atoms with Gasteiger partial charge in [0, 0.05) is 18.7 Å². The van der Waals surface area contributed by atoms with E-state index < -0.39 is 23.7 Å². The SMILES string of the molecule is O=C(O)C1CCN(C(=O)CC(c2ccc(F)cc2)n2nnc3cc(F)ccc32)C2CCCCC12. The maximum absolute atomic E-state index is 13.7. The molecule has 7 nitrogen and oxygen atoms in total. The molecule has 2 heterocycles. The minimum Gasteiger partial charge on any atom is -0.481 e. The highest BCUT2D eigenvalue weighted by atomic mass is 19.1. The molecule has 5 rings (SSSR count). The monoisotopic (exact) mass is 468 g/mol. The normalized spacial score (nSPS) is 23.5. The first-order chi connectivity index (χ1) is 16.4. The number of carbonyl (C=O) groups is 2. The second-order valence-electron chi connectivity index (χ2n) is 9.27. The van der Waals surface area contributed by atoms with Gasteiger partial charge in [-0.05, 0) is 55.0 Å². The van der Waals surface area contributed by atoms with E-state index >= 15 is 0 Å². The van der Waals surface area contributed by atoms with E-state index in [0.29, 0.717) is 29.6 Å². The van der Waals surface area contributed by atoms with Crippen molar-refractivity contribution in [2.75, 3.05) is 6.54 Å². The van der Waals surface area contributed by atoms with Crippen molar-refractivity contribution in [2.24, 2.45) is 11.8 Å². The van der Waals surface area contributed by atoms with Crippen LogP contribution in [0.3, 0.4) is 0 Å². The van der Waals surface area contributed by atoms with Gasteiger partial charge in [0.15, 0.2) is 0 Å². The molecular weight excluding hydrogens is 442 g/mol. The van der Waals surface area contributed by atoms with Gasteiger partial charge in [0.1, 0.15) is 17.2 Å². The van der Waals surface area contributed by atoms with Crippen LogP contribution in [0.5, 0.6) is 0 Å². The number of fused-ring (bicyclic) bond motifs is 2. The number of carboxylic acids is 1. The maximum Gasteiger partial charge on any atom is 0.306 e. The lowest BCUT2D eigenvalue weighted by Gasteiger charge is -2.47. The molecular formula is C25H26F2N4O3. The second-order valence-corrected chi connectivity index (χ2v) is 9.27. The molecule has 4 atom stereocenters. The van der Waals surface area contributed by atoms with Crippen LogP contribution in [0.1, 0.15) is 50.1 Å². The Morgan fingerprint density at radius 1 is 1.03 bits per heavy atom. The molecule has 1 saturated carbocycles. The summed E-state index contributed by atoms with van der Waals surface area (Å²) in [6.45, 7) is 0.399. The lowest BCUT2D eigenvalue weighted by molar-refractivity contribution is -0.154. The number of likely N-dealkylation sites (tertiary alicyclic amines) is 1. The smallest absolute Gasteiger partial charge is 0.306 e. The number of aliphatic carboxylic acids is 1. The van der Waals surface area contributed by atoms with Crippen LogP contribution in [0.2, 0.25) is 0 Å². The molecule has 1 aromatic heterocycles. The van der Waals surface area contributed by atoms with Crippen molar-refractivity contribution >= 4 is 22.9 Å². The second kappa shape index (κ2) is 9.12. The molecule has 2 aromatic carbocycles. The summed E-state index contributed by atoms with van der Waals surface area (Å²) in [5.74, 6) is -2.16. The van der Waals surface area contributed by atoms with E-state index in [1.165, 1.54) is 24.3 Å². The highest BCUT2D eigenvalue weighted by Gasteiger charge is 2.44. The van der Waals surface area contributed by atoms with Crippen molar-refractivity contribution < 1.29 is 23.5 Å². The molecule has 2 fully saturated rings. The number of piperidine rings is 1. The molecule has 178 valence electrons. The topological polar surface area (TPSA) is 88.3 Å². The molecule has 2 aliphatic rings. The van der Waals surface area contributed by atoms with Gasteiger partial charge < -0.3 is 10.0 Å². The fourth-order valence-electron chi connectivity index (χ4n) is 5.73. The van der Waals surface area contributed by atoms with Crippen LogP contribution in [0, 0.1) is 23.5 Å². The minimum absolute atomic E-state index is 0.0385. The lowest BCUT2D eigenvalue weighted by atomic mass is 9.71. The number of amides is 1. The summed E-state index contributed by atoms with van der Waals surface area (Å²) >= 11 is 0. The predicted octanol–water partition coefficient (Wildman–Crippen LogP) is 4.18. The van der Waals surface area contributed by atoms with Crippen LogP contribution in [-0.4, -0.2) is 49.5 Å². The molecule has 1 N–H and O–H groups in total. The summed E-state index contributed by atoms with van der Waals surface area (Å²) in [5.41, 5.74) is 1.63. The zero-order chi connectivity index (χ0) is 23.8. The highest BCUT2D eigenvalue weighted by molar-refractivity contribution is 5.80. The van der Waals surface area contributed by atoms with Gasteiger partial charge in [-0.15, -0.1) is 5.10 Å². The van der Waals surface area contributed by atoms with E-state index in [1.54, 1.807) is 22.9 Å². The van der Waals surface area contributed by atoms with Gasteiger partial charge >= 0.3 is 5.97 Å². The first-order valence-electron chi connectivity index (χ1n) is 11.7. The molecule has 34 heavy (non-hydrogen) atoms. The Morgan fingerprint density at radius 2 is 1.76 bits per heavy atom. The number of hydrogen-bond donors (Lipinski definition) is 1. The van der Waals surface area contributed by atoms with E-state index in [-0.39, 0.29) is 30.1 Å².